The molecule has 2 heteroatoms. The summed E-state index contributed by atoms with van der Waals surface area (Å²) in [6.45, 7) is 7.90. The van der Waals surface area contributed by atoms with E-state index in [4.69, 9.17) is 0 Å². The fraction of sp³-hybridized carbons (Fsp3) is 0.316. The highest BCUT2D eigenvalue weighted by atomic mass is 16.1. The largest absolute Gasteiger partial charge is 0.371 e. The molecule has 0 saturated heterocycles. The number of anilines is 1. The van der Waals surface area contributed by atoms with Crippen LogP contribution in [0.15, 0.2) is 48.5 Å². The fourth-order valence-electron chi connectivity index (χ4n) is 2.62. The number of carbonyl (C=O) groups is 1. The Morgan fingerprint density at radius 2 is 1.57 bits per heavy atom. The number of carbonyl (C=O) groups excluding carboxylic acids is 1. The molecule has 0 spiro atoms. The van der Waals surface area contributed by atoms with Crippen LogP contribution in [0.25, 0.3) is 0 Å². The van der Waals surface area contributed by atoms with E-state index in [0.29, 0.717) is 6.42 Å². The molecule has 0 N–H and O–H groups in total. The first-order valence-electron chi connectivity index (χ1n) is 7.53. The molecule has 0 heterocycles. The number of Topliss-reactive ketones (excluding diaryl/α,β-unsaturated/α-hetero) is 1. The molecule has 0 aromatic heterocycles. The summed E-state index contributed by atoms with van der Waals surface area (Å²) >= 11 is 0. The van der Waals surface area contributed by atoms with Crippen LogP contribution in [0.4, 0.5) is 5.69 Å². The van der Waals surface area contributed by atoms with Crippen molar-refractivity contribution >= 4 is 11.5 Å². The molecule has 2 nitrogen and oxygen atoms in total. The number of hydrogen-bond donors (Lipinski definition) is 0. The Hall–Kier alpha value is -2.09. The van der Waals surface area contributed by atoms with Crippen molar-refractivity contribution in [3.8, 4) is 0 Å². The van der Waals surface area contributed by atoms with Crippen LogP contribution in [0.3, 0.4) is 0 Å². The van der Waals surface area contributed by atoms with E-state index in [0.717, 1.165) is 24.2 Å². The Kier molecular flexibility index (Phi) is 5.15. The smallest absolute Gasteiger partial charge is 0.164 e. The second-order valence-electron chi connectivity index (χ2n) is 5.35. The van der Waals surface area contributed by atoms with Gasteiger partial charge in [-0.25, -0.2) is 0 Å². The van der Waals surface area contributed by atoms with Crippen LogP contribution in [0, 0.1) is 13.8 Å². The van der Waals surface area contributed by atoms with Gasteiger partial charge >= 0.3 is 0 Å². The zero-order valence-corrected chi connectivity index (χ0v) is 13.1. The minimum atomic E-state index is 0.222. The maximum atomic E-state index is 12.4. The maximum Gasteiger partial charge on any atom is 0.164 e. The van der Waals surface area contributed by atoms with Crippen molar-refractivity contribution in [3.05, 3.63) is 65.2 Å². The molecule has 0 aliphatic heterocycles. The third-order valence-electron chi connectivity index (χ3n) is 3.89. The van der Waals surface area contributed by atoms with Crippen molar-refractivity contribution in [2.75, 3.05) is 18.0 Å². The average Bonchev–Trinajstić information content (AvgIpc) is 2.49. The zero-order chi connectivity index (χ0) is 15.2. The van der Waals surface area contributed by atoms with Gasteiger partial charge in [-0.05, 0) is 38.0 Å². The highest BCUT2D eigenvalue weighted by Crippen LogP contribution is 2.20. The van der Waals surface area contributed by atoms with Crippen molar-refractivity contribution < 1.29 is 4.79 Å². The lowest BCUT2D eigenvalue weighted by Crippen LogP contribution is -2.26. The van der Waals surface area contributed by atoms with Gasteiger partial charge in [0.2, 0.25) is 0 Å². The Balaban J connectivity index is 2.06. The monoisotopic (exact) mass is 281 g/mol. The molecule has 2 aromatic rings. The van der Waals surface area contributed by atoms with E-state index in [1.807, 2.05) is 43.3 Å². The van der Waals surface area contributed by atoms with E-state index in [1.54, 1.807) is 0 Å². The number of para-hydroxylation sites is 1. The Morgan fingerprint density at radius 3 is 2.19 bits per heavy atom. The van der Waals surface area contributed by atoms with Crippen molar-refractivity contribution in [2.45, 2.75) is 27.2 Å². The molecule has 0 aliphatic rings. The van der Waals surface area contributed by atoms with Gasteiger partial charge < -0.3 is 4.90 Å². The van der Waals surface area contributed by atoms with Gasteiger partial charge in [-0.1, -0.05) is 42.5 Å². The quantitative estimate of drug-likeness (QED) is 0.731. The van der Waals surface area contributed by atoms with Crippen molar-refractivity contribution in [1.29, 1.82) is 0 Å². The topological polar surface area (TPSA) is 20.3 Å². The van der Waals surface area contributed by atoms with Gasteiger partial charge in [0.15, 0.2) is 5.78 Å². The minimum Gasteiger partial charge on any atom is -0.371 e. The van der Waals surface area contributed by atoms with Gasteiger partial charge in [0.1, 0.15) is 0 Å². The lowest BCUT2D eigenvalue weighted by atomic mass is 10.0. The molecule has 0 saturated carbocycles. The van der Waals surface area contributed by atoms with Gasteiger partial charge in [-0.3, -0.25) is 4.79 Å². The van der Waals surface area contributed by atoms with Gasteiger partial charge in [0.05, 0.1) is 0 Å². The van der Waals surface area contributed by atoms with E-state index < -0.39 is 0 Å². The second kappa shape index (κ2) is 7.07. The van der Waals surface area contributed by atoms with Crippen molar-refractivity contribution in [3.63, 3.8) is 0 Å². The van der Waals surface area contributed by atoms with Crippen LogP contribution in [0.2, 0.25) is 0 Å². The molecular weight excluding hydrogens is 258 g/mol. The molecule has 0 bridgehead atoms. The predicted octanol–water partition coefficient (Wildman–Crippen LogP) is 4.40. The Bertz CT molecular complexity index is 618. The SMILES string of the molecule is CCN(CCC(=O)c1ccccc1C)c1ccccc1C. The summed E-state index contributed by atoms with van der Waals surface area (Å²) in [5.74, 6) is 0.222. The van der Waals surface area contributed by atoms with E-state index in [-0.39, 0.29) is 5.78 Å². The van der Waals surface area contributed by atoms with E-state index in [2.05, 4.69) is 30.9 Å². The molecule has 110 valence electrons. The average molecular weight is 281 g/mol. The number of ketones is 1. The first-order valence-corrected chi connectivity index (χ1v) is 7.53. The Labute approximate surface area is 127 Å². The molecule has 0 radical (unpaired) electrons. The molecule has 21 heavy (non-hydrogen) atoms. The normalized spacial score (nSPS) is 10.4. The number of benzene rings is 2. The second-order valence-corrected chi connectivity index (χ2v) is 5.35. The van der Waals surface area contributed by atoms with E-state index in [9.17, 15) is 4.79 Å². The van der Waals surface area contributed by atoms with E-state index >= 15 is 0 Å². The molecular formula is C19H23NO. The van der Waals surface area contributed by atoms with Gasteiger partial charge in [-0.2, -0.15) is 0 Å². The summed E-state index contributed by atoms with van der Waals surface area (Å²) in [6.07, 6.45) is 0.549. The van der Waals surface area contributed by atoms with E-state index in [1.165, 1.54) is 11.3 Å². The van der Waals surface area contributed by atoms with Crippen molar-refractivity contribution in [1.82, 2.24) is 0 Å². The van der Waals surface area contributed by atoms with Crippen LogP contribution < -0.4 is 4.90 Å². The molecule has 0 unspecified atom stereocenters. The predicted molar refractivity (Wildman–Crippen MR) is 89.2 cm³/mol. The first kappa shape index (κ1) is 15.3. The lowest BCUT2D eigenvalue weighted by Gasteiger charge is -2.24. The Morgan fingerprint density at radius 1 is 0.952 bits per heavy atom. The van der Waals surface area contributed by atoms with Crippen LogP contribution in [-0.2, 0) is 0 Å². The maximum absolute atomic E-state index is 12.4. The number of rotatable bonds is 6. The fourth-order valence-corrected chi connectivity index (χ4v) is 2.62. The summed E-state index contributed by atoms with van der Waals surface area (Å²) in [5.41, 5.74) is 4.38. The molecule has 0 atom stereocenters. The highest BCUT2D eigenvalue weighted by Gasteiger charge is 2.12. The first-order chi connectivity index (χ1) is 10.1. The number of aryl methyl sites for hydroxylation is 2. The van der Waals surface area contributed by atoms with Crippen LogP contribution in [0.1, 0.15) is 34.8 Å². The molecule has 0 aliphatic carbocycles. The highest BCUT2D eigenvalue weighted by molar-refractivity contribution is 5.97. The number of hydrogen-bond acceptors (Lipinski definition) is 2. The third-order valence-corrected chi connectivity index (χ3v) is 3.89. The molecule has 0 fully saturated rings. The van der Waals surface area contributed by atoms with Crippen molar-refractivity contribution in [2.24, 2.45) is 0 Å². The minimum absolute atomic E-state index is 0.222. The summed E-state index contributed by atoms with van der Waals surface area (Å²) in [6, 6.07) is 16.1. The van der Waals surface area contributed by atoms with Crippen LogP contribution in [0.5, 0.6) is 0 Å². The summed E-state index contributed by atoms with van der Waals surface area (Å²) < 4.78 is 0. The van der Waals surface area contributed by atoms with Crippen LogP contribution in [-0.4, -0.2) is 18.9 Å². The van der Waals surface area contributed by atoms with Gasteiger partial charge in [0.25, 0.3) is 0 Å². The molecule has 2 rings (SSSR count). The van der Waals surface area contributed by atoms with Crippen LogP contribution >= 0.6 is 0 Å². The van der Waals surface area contributed by atoms with Gasteiger partial charge in [-0.15, -0.1) is 0 Å². The summed E-state index contributed by atoms with van der Waals surface area (Å²) in [5, 5.41) is 0. The summed E-state index contributed by atoms with van der Waals surface area (Å²) in [4.78, 5) is 14.6. The number of nitrogens with zero attached hydrogens (tertiary/aromatic N) is 1. The molecule has 0 amide bonds. The third kappa shape index (κ3) is 3.72. The zero-order valence-electron chi connectivity index (χ0n) is 13.1. The lowest BCUT2D eigenvalue weighted by molar-refractivity contribution is 0.0984. The van der Waals surface area contributed by atoms with Gasteiger partial charge in [0, 0.05) is 30.8 Å². The molecule has 2 aromatic carbocycles. The summed E-state index contributed by atoms with van der Waals surface area (Å²) in [7, 11) is 0. The standard InChI is InChI=1S/C19H23NO/c1-4-20(18-12-8-6-10-16(18)3)14-13-19(21)17-11-7-5-9-15(17)2/h5-12H,4,13-14H2,1-3H3.